The van der Waals surface area contributed by atoms with Gasteiger partial charge in [-0.25, -0.2) is 0 Å². The third kappa shape index (κ3) is 12.1. The second-order valence-corrected chi connectivity index (χ2v) is 8.26. The smallest absolute Gasteiger partial charge is 0.0154 e. The normalized spacial score (nSPS) is 17.1. The molecule has 0 radical (unpaired) electrons. The van der Waals surface area contributed by atoms with Gasteiger partial charge in [-0.05, 0) is 44.9 Å². The van der Waals surface area contributed by atoms with Crippen molar-refractivity contribution in [2.45, 2.75) is 134 Å². The molecule has 1 nitrogen and oxygen atoms in total. The zero-order valence-corrected chi connectivity index (χ0v) is 16.7. The molecule has 0 aliphatic heterocycles. The van der Waals surface area contributed by atoms with E-state index in [1.54, 1.807) is 0 Å². The summed E-state index contributed by atoms with van der Waals surface area (Å²) in [6.07, 6.45) is 30.8. The van der Waals surface area contributed by atoms with Gasteiger partial charge in [0.2, 0.25) is 0 Å². The second kappa shape index (κ2) is 15.0. The van der Waals surface area contributed by atoms with Gasteiger partial charge < -0.3 is 5.73 Å². The Bertz CT molecular complexity index is 288. The summed E-state index contributed by atoms with van der Waals surface area (Å²) >= 11 is 0. The van der Waals surface area contributed by atoms with Crippen LogP contribution in [0.4, 0.5) is 0 Å². The summed E-state index contributed by atoms with van der Waals surface area (Å²) in [6.45, 7) is 2.29. The van der Waals surface area contributed by atoms with Crippen molar-refractivity contribution in [3.05, 3.63) is 12.2 Å². The van der Waals surface area contributed by atoms with Gasteiger partial charge in [0, 0.05) is 5.54 Å². The van der Waals surface area contributed by atoms with Gasteiger partial charge in [0.05, 0.1) is 0 Å². The summed E-state index contributed by atoms with van der Waals surface area (Å²) in [5.74, 6) is 0. The fraction of sp³-hybridized carbons (Fsp3) is 0.913. The monoisotopic (exact) mass is 335 g/mol. The van der Waals surface area contributed by atoms with Crippen molar-refractivity contribution >= 4 is 0 Å². The maximum atomic E-state index is 6.41. The van der Waals surface area contributed by atoms with Crippen molar-refractivity contribution < 1.29 is 0 Å². The van der Waals surface area contributed by atoms with Crippen molar-refractivity contribution in [2.24, 2.45) is 5.73 Å². The van der Waals surface area contributed by atoms with Gasteiger partial charge in [-0.15, -0.1) is 0 Å². The summed E-state index contributed by atoms with van der Waals surface area (Å²) in [4.78, 5) is 0. The van der Waals surface area contributed by atoms with Crippen LogP contribution in [0.1, 0.15) is 129 Å². The Hall–Kier alpha value is -0.300. The Balaban J connectivity index is 1.75. The van der Waals surface area contributed by atoms with E-state index in [0.717, 1.165) is 0 Å². The first-order valence-corrected chi connectivity index (χ1v) is 11.2. The van der Waals surface area contributed by atoms with Crippen LogP contribution in [-0.2, 0) is 0 Å². The molecule has 2 N–H and O–H groups in total. The number of rotatable bonds is 16. The van der Waals surface area contributed by atoms with Gasteiger partial charge in [0.25, 0.3) is 0 Å². The van der Waals surface area contributed by atoms with E-state index < -0.39 is 0 Å². The molecule has 1 heteroatoms. The summed E-state index contributed by atoms with van der Waals surface area (Å²) in [6, 6.07) is 0. The largest absolute Gasteiger partial charge is 0.325 e. The molecule has 0 unspecified atom stereocenters. The Morgan fingerprint density at radius 2 is 1.12 bits per heavy atom. The van der Waals surface area contributed by atoms with Gasteiger partial charge in [0.1, 0.15) is 0 Å². The molecule has 1 aliphatic rings. The molecule has 1 fully saturated rings. The third-order valence-corrected chi connectivity index (χ3v) is 5.79. The van der Waals surface area contributed by atoms with E-state index in [1.807, 2.05) is 0 Å². The molecule has 1 aliphatic carbocycles. The Labute approximate surface area is 152 Å². The van der Waals surface area contributed by atoms with Crippen LogP contribution < -0.4 is 5.73 Å². The highest BCUT2D eigenvalue weighted by atomic mass is 14.7. The van der Waals surface area contributed by atoms with Crippen molar-refractivity contribution in [3.8, 4) is 0 Å². The zero-order valence-electron chi connectivity index (χ0n) is 16.7. The number of hydrogen-bond acceptors (Lipinski definition) is 1. The molecular weight excluding hydrogens is 290 g/mol. The summed E-state index contributed by atoms with van der Waals surface area (Å²) < 4.78 is 0. The molecule has 0 heterocycles. The van der Waals surface area contributed by atoms with Crippen LogP contribution in [0.2, 0.25) is 0 Å². The fourth-order valence-corrected chi connectivity index (χ4v) is 4.05. The van der Waals surface area contributed by atoms with Crippen LogP contribution in [0.5, 0.6) is 0 Å². The number of unbranched alkanes of at least 4 members (excludes halogenated alkanes) is 12. The highest BCUT2D eigenvalue weighted by Crippen LogP contribution is 2.31. The number of nitrogens with two attached hydrogens (primary N) is 1. The Morgan fingerprint density at radius 1 is 0.667 bits per heavy atom. The lowest BCUT2D eigenvalue weighted by molar-refractivity contribution is 0.383. The standard InChI is InChI=1S/C23H45N/c1-2-3-4-5-6-7-8-9-10-11-12-13-14-15-16-17-20-23(24)21-18-19-22-23/h9-10H,2-8,11-22,24H2,1H3/b10-9+. The minimum atomic E-state index is 0.223. The molecule has 0 aromatic carbocycles. The van der Waals surface area contributed by atoms with Gasteiger partial charge >= 0.3 is 0 Å². The first-order valence-electron chi connectivity index (χ1n) is 11.2. The van der Waals surface area contributed by atoms with Crippen LogP contribution in [0, 0.1) is 0 Å². The predicted octanol–water partition coefficient (Wildman–Crippen LogP) is 7.69. The topological polar surface area (TPSA) is 26.0 Å². The first kappa shape index (κ1) is 21.7. The highest BCUT2D eigenvalue weighted by molar-refractivity contribution is 4.88. The first-order chi connectivity index (χ1) is 11.8. The molecule has 24 heavy (non-hydrogen) atoms. The van der Waals surface area contributed by atoms with E-state index in [-0.39, 0.29) is 5.54 Å². The lowest BCUT2D eigenvalue weighted by atomic mass is 9.91. The number of hydrogen-bond donors (Lipinski definition) is 1. The van der Waals surface area contributed by atoms with Gasteiger partial charge in [-0.1, -0.05) is 96.1 Å². The van der Waals surface area contributed by atoms with E-state index in [0.29, 0.717) is 0 Å². The van der Waals surface area contributed by atoms with Crippen LogP contribution >= 0.6 is 0 Å². The molecule has 1 rings (SSSR count). The third-order valence-electron chi connectivity index (χ3n) is 5.79. The van der Waals surface area contributed by atoms with Gasteiger partial charge in [0.15, 0.2) is 0 Å². The molecule has 0 bridgehead atoms. The zero-order chi connectivity index (χ0) is 17.3. The summed E-state index contributed by atoms with van der Waals surface area (Å²) in [5.41, 5.74) is 6.64. The molecule has 0 atom stereocenters. The minimum Gasteiger partial charge on any atom is -0.325 e. The average Bonchev–Trinajstić information content (AvgIpc) is 3.01. The van der Waals surface area contributed by atoms with E-state index in [9.17, 15) is 0 Å². The van der Waals surface area contributed by atoms with E-state index >= 15 is 0 Å². The molecule has 1 saturated carbocycles. The summed E-state index contributed by atoms with van der Waals surface area (Å²) in [7, 11) is 0. The molecule has 0 spiro atoms. The fourth-order valence-electron chi connectivity index (χ4n) is 4.05. The van der Waals surface area contributed by atoms with Crippen LogP contribution in [0.3, 0.4) is 0 Å². The maximum absolute atomic E-state index is 6.41. The van der Waals surface area contributed by atoms with E-state index in [2.05, 4.69) is 19.1 Å². The lowest BCUT2D eigenvalue weighted by Gasteiger charge is -2.23. The molecule has 0 aromatic rings. The van der Waals surface area contributed by atoms with Crippen LogP contribution in [-0.4, -0.2) is 5.54 Å². The van der Waals surface area contributed by atoms with Gasteiger partial charge in [-0.3, -0.25) is 0 Å². The second-order valence-electron chi connectivity index (χ2n) is 8.26. The Morgan fingerprint density at radius 3 is 1.67 bits per heavy atom. The molecule has 0 aromatic heterocycles. The van der Waals surface area contributed by atoms with Crippen molar-refractivity contribution in [1.29, 1.82) is 0 Å². The Kier molecular flexibility index (Phi) is 13.6. The minimum absolute atomic E-state index is 0.223. The van der Waals surface area contributed by atoms with Crippen molar-refractivity contribution in [1.82, 2.24) is 0 Å². The predicted molar refractivity (Wildman–Crippen MR) is 109 cm³/mol. The van der Waals surface area contributed by atoms with Crippen LogP contribution in [0.25, 0.3) is 0 Å². The molecule has 142 valence electrons. The van der Waals surface area contributed by atoms with Gasteiger partial charge in [-0.2, -0.15) is 0 Å². The van der Waals surface area contributed by atoms with Crippen molar-refractivity contribution in [3.63, 3.8) is 0 Å². The SMILES string of the molecule is CCCCCCCC/C=C/CCCCCCCCC1(N)CCCC1. The summed E-state index contributed by atoms with van der Waals surface area (Å²) in [5, 5.41) is 0. The quantitative estimate of drug-likeness (QED) is 0.227. The highest BCUT2D eigenvalue weighted by Gasteiger charge is 2.28. The van der Waals surface area contributed by atoms with E-state index in [4.69, 9.17) is 5.73 Å². The number of allylic oxidation sites excluding steroid dienone is 2. The molecular formula is C23H45N. The molecule has 0 amide bonds. The maximum Gasteiger partial charge on any atom is 0.0154 e. The van der Waals surface area contributed by atoms with Crippen LogP contribution in [0.15, 0.2) is 12.2 Å². The molecule has 0 saturated heterocycles. The van der Waals surface area contributed by atoms with E-state index in [1.165, 1.54) is 122 Å². The van der Waals surface area contributed by atoms with Crippen molar-refractivity contribution in [2.75, 3.05) is 0 Å². The lowest BCUT2D eigenvalue weighted by Crippen LogP contribution is -2.35. The average molecular weight is 336 g/mol.